The summed E-state index contributed by atoms with van der Waals surface area (Å²) in [5, 5.41) is 9.49. The Kier molecular flexibility index (Phi) is 4.29. The molecule has 0 amide bonds. The zero-order valence-electron chi connectivity index (χ0n) is 18.0. The quantitative estimate of drug-likeness (QED) is 0.359. The number of benzene rings is 1. The van der Waals surface area contributed by atoms with E-state index < -0.39 is 0 Å². The molecule has 6 nitrogen and oxygen atoms in total. The van der Waals surface area contributed by atoms with Crippen LogP contribution >= 0.6 is 0 Å². The van der Waals surface area contributed by atoms with Crippen molar-refractivity contribution in [2.24, 2.45) is 0 Å². The normalized spacial score (nSPS) is 11.5. The molecule has 2 N–H and O–H groups in total. The molecule has 0 fully saturated rings. The van der Waals surface area contributed by atoms with Crippen molar-refractivity contribution >= 4 is 21.8 Å². The second-order valence-corrected chi connectivity index (χ2v) is 8.20. The minimum Gasteiger partial charge on any atom is -0.353 e. The molecular formula is C26H19FN6. The van der Waals surface area contributed by atoms with Gasteiger partial charge in [-0.25, -0.2) is 4.39 Å². The van der Waals surface area contributed by atoms with Crippen molar-refractivity contribution in [2.45, 2.75) is 13.8 Å². The fourth-order valence-electron chi connectivity index (χ4n) is 4.29. The van der Waals surface area contributed by atoms with Gasteiger partial charge < -0.3 is 4.98 Å². The van der Waals surface area contributed by atoms with E-state index in [4.69, 9.17) is 0 Å². The van der Waals surface area contributed by atoms with E-state index in [1.54, 1.807) is 18.6 Å². The topological polar surface area (TPSA) is 83.1 Å². The molecule has 0 aliphatic rings. The average Bonchev–Trinajstić information content (AvgIpc) is 3.42. The maximum atomic E-state index is 14.1. The molecule has 0 saturated carbocycles. The van der Waals surface area contributed by atoms with E-state index >= 15 is 0 Å². The fraction of sp³-hybridized carbons (Fsp3) is 0.0769. The van der Waals surface area contributed by atoms with Gasteiger partial charge in [0, 0.05) is 46.0 Å². The number of rotatable bonds is 3. The molecule has 0 radical (unpaired) electrons. The van der Waals surface area contributed by atoms with Crippen LogP contribution in [0.1, 0.15) is 11.1 Å². The van der Waals surface area contributed by atoms with Crippen LogP contribution in [0.2, 0.25) is 0 Å². The third kappa shape index (κ3) is 3.25. The van der Waals surface area contributed by atoms with E-state index in [0.29, 0.717) is 0 Å². The Morgan fingerprint density at radius 1 is 0.818 bits per heavy atom. The highest BCUT2D eigenvalue weighted by atomic mass is 19.1. The van der Waals surface area contributed by atoms with Crippen molar-refractivity contribution in [1.29, 1.82) is 0 Å². The van der Waals surface area contributed by atoms with Crippen LogP contribution in [-0.4, -0.2) is 30.1 Å². The lowest BCUT2D eigenvalue weighted by molar-refractivity contribution is 0.627. The minimum atomic E-state index is -0.274. The highest BCUT2D eigenvalue weighted by molar-refractivity contribution is 6.00. The van der Waals surface area contributed by atoms with Gasteiger partial charge in [0.15, 0.2) is 0 Å². The second kappa shape index (κ2) is 7.34. The van der Waals surface area contributed by atoms with E-state index in [9.17, 15) is 4.39 Å². The van der Waals surface area contributed by atoms with Crippen molar-refractivity contribution in [1.82, 2.24) is 30.1 Å². The van der Waals surface area contributed by atoms with Gasteiger partial charge in [-0.15, -0.1) is 0 Å². The zero-order chi connectivity index (χ0) is 22.5. The molecule has 160 valence electrons. The molecule has 33 heavy (non-hydrogen) atoms. The highest BCUT2D eigenvalue weighted by Crippen LogP contribution is 2.34. The van der Waals surface area contributed by atoms with Crippen LogP contribution in [0, 0.1) is 19.7 Å². The Morgan fingerprint density at radius 3 is 2.55 bits per heavy atom. The first kappa shape index (κ1) is 19.3. The molecule has 0 saturated heterocycles. The smallest absolute Gasteiger partial charge is 0.124 e. The average molecular weight is 434 g/mol. The molecule has 0 aliphatic heterocycles. The molecule has 5 aromatic heterocycles. The lowest BCUT2D eigenvalue weighted by atomic mass is 10.0. The molecule has 0 spiro atoms. The summed E-state index contributed by atoms with van der Waals surface area (Å²) in [6.45, 7) is 3.92. The summed E-state index contributed by atoms with van der Waals surface area (Å²) >= 11 is 0. The first-order valence-corrected chi connectivity index (χ1v) is 10.6. The van der Waals surface area contributed by atoms with Gasteiger partial charge in [-0.1, -0.05) is 0 Å². The summed E-state index contributed by atoms with van der Waals surface area (Å²) in [6, 6.07) is 12.9. The minimum absolute atomic E-state index is 0.274. The number of nitrogens with zero attached hydrogens (tertiary/aromatic N) is 4. The van der Waals surface area contributed by atoms with Crippen LogP contribution in [0.25, 0.3) is 55.7 Å². The van der Waals surface area contributed by atoms with Gasteiger partial charge in [-0.05, 0) is 67.4 Å². The number of halogens is 1. The van der Waals surface area contributed by atoms with Crippen LogP contribution < -0.4 is 0 Å². The van der Waals surface area contributed by atoms with E-state index in [0.717, 1.165) is 66.8 Å². The molecule has 0 unspecified atom stereocenters. The number of nitrogens with one attached hydrogen (secondary N) is 2. The second-order valence-electron chi connectivity index (χ2n) is 8.20. The van der Waals surface area contributed by atoms with Crippen molar-refractivity contribution < 1.29 is 4.39 Å². The third-order valence-electron chi connectivity index (χ3n) is 5.88. The Labute approximate surface area is 188 Å². The summed E-state index contributed by atoms with van der Waals surface area (Å²) in [5.41, 5.74) is 8.63. The number of aromatic amines is 2. The maximum Gasteiger partial charge on any atom is 0.124 e. The van der Waals surface area contributed by atoms with Gasteiger partial charge in [0.1, 0.15) is 11.5 Å². The number of H-pyrrole nitrogens is 2. The van der Waals surface area contributed by atoms with Crippen LogP contribution in [0.3, 0.4) is 0 Å². The van der Waals surface area contributed by atoms with Gasteiger partial charge in [0.05, 0.1) is 28.8 Å². The van der Waals surface area contributed by atoms with Gasteiger partial charge in [-0.3, -0.25) is 20.1 Å². The van der Waals surface area contributed by atoms with Crippen LogP contribution in [0.5, 0.6) is 0 Å². The van der Waals surface area contributed by atoms with E-state index in [2.05, 4.69) is 30.1 Å². The molecule has 6 rings (SSSR count). The number of hydrogen-bond acceptors (Lipinski definition) is 4. The van der Waals surface area contributed by atoms with Crippen molar-refractivity contribution in [2.75, 3.05) is 0 Å². The van der Waals surface area contributed by atoms with Crippen molar-refractivity contribution in [3.8, 4) is 33.9 Å². The molecule has 5 heterocycles. The van der Waals surface area contributed by atoms with Crippen molar-refractivity contribution in [3.05, 3.63) is 84.2 Å². The Morgan fingerprint density at radius 2 is 1.70 bits per heavy atom. The molecular weight excluding hydrogens is 415 g/mol. The molecule has 1 aromatic carbocycles. The van der Waals surface area contributed by atoms with Crippen molar-refractivity contribution in [3.63, 3.8) is 0 Å². The number of aryl methyl sites for hydroxylation is 2. The number of fused-ring (bicyclic) bond motifs is 2. The summed E-state index contributed by atoms with van der Waals surface area (Å²) in [7, 11) is 0. The van der Waals surface area contributed by atoms with E-state index in [-0.39, 0.29) is 5.82 Å². The maximum absolute atomic E-state index is 14.1. The summed E-state index contributed by atoms with van der Waals surface area (Å²) in [5.74, 6) is -0.274. The van der Waals surface area contributed by atoms with E-state index in [1.807, 2.05) is 50.4 Å². The first-order valence-electron chi connectivity index (χ1n) is 10.6. The van der Waals surface area contributed by atoms with Crippen LogP contribution in [0.15, 0.2) is 67.3 Å². The summed E-state index contributed by atoms with van der Waals surface area (Å²) in [4.78, 5) is 16.8. The summed E-state index contributed by atoms with van der Waals surface area (Å²) < 4.78 is 14.1. The number of hydrogen-bond donors (Lipinski definition) is 2. The zero-order valence-corrected chi connectivity index (χ0v) is 18.0. The van der Waals surface area contributed by atoms with Crippen LogP contribution in [0.4, 0.5) is 4.39 Å². The highest BCUT2D eigenvalue weighted by Gasteiger charge is 2.16. The lowest BCUT2D eigenvalue weighted by Crippen LogP contribution is -1.88. The molecule has 7 heteroatoms. The number of aromatic nitrogens is 6. The largest absolute Gasteiger partial charge is 0.353 e. The lowest BCUT2D eigenvalue weighted by Gasteiger charge is -2.04. The molecule has 0 bridgehead atoms. The summed E-state index contributed by atoms with van der Waals surface area (Å²) in [6.07, 6.45) is 7.12. The fourth-order valence-corrected chi connectivity index (χ4v) is 4.29. The molecule has 0 aliphatic carbocycles. The third-order valence-corrected chi connectivity index (χ3v) is 5.88. The number of pyridine rings is 3. The van der Waals surface area contributed by atoms with Gasteiger partial charge in [-0.2, -0.15) is 5.10 Å². The monoisotopic (exact) mass is 434 g/mol. The van der Waals surface area contributed by atoms with E-state index in [1.165, 1.54) is 12.1 Å². The molecule has 6 aromatic rings. The van der Waals surface area contributed by atoms with Gasteiger partial charge >= 0.3 is 0 Å². The predicted octanol–water partition coefficient (Wildman–Crippen LogP) is 5.99. The SMILES string of the molecule is Cc1cc(F)cc(-c2nccc3[nH]c(-c4n[nH]c5cnc(-c6cnccc6C)cc45)cc23)c1. The Hall–Kier alpha value is -4.39. The first-order chi connectivity index (χ1) is 16.1. The molecule has 0 atom stereocenters. The predicted molar refractivity (Wildman–Crippen MR) is 127 cm³/mol. The Balaban J connectivity index is 1.52. The van der Waals surface area contributed by atoms with Gasteiger partial charge in [0.2, 0.25) is 0 Å². The standard InChI is InChI=1S/C26H19FN6/c1-14-7-16(9-17(27)8-14)25-18-11-23(31-21(18)4-6-29-25)26-19-10-22(30-13-24(19)32-33-26)20-12-28-5-3-15(20)2/h3-13,31H,1-2H3,(H,32,33). The van der Waals surface area contributed by atoms with Gasteiger partial charge in [0.25, 0.3) is 0 Å². The Bertz CT molecular complexity index is 1640. The van der Waals surface area contributed by atoms with Crippen LogP contribution in [-0.2, 0) is 0 Å².